The van der Waals surface area contributed by atoms with Crippen molar-refractivity contribution in [3.05, 3.63) is 53.9 Å². The highest BCUT2D eigenvalue weighted by Crippen LogP contribution is 2.27. The molecule has 0 unspecified atom stereocenters. The molecule has 1 amide bonds. The topological polar surface area (TPSA) is 84.3 Å². The van der Waals surface area contributed by atoms with Gasteiger partial charge < -0.3 is 9.88 Å². The fourth-order valence-electron chi connectivity index (χ4n) is 4.61. The second-order valence-corrected chi connectivity index (χ2v) is 11.2. The molecule has 1 fully saturated rings. The molecule has 0 radical (unpaired) electrons. The van der Waals surface area contributed by atoms with Crippen LogP contribution in [0.2, 0.25) is 0 Å². The van der Waals surface area contributed by atoms with Gasteiger partial charge in [0.05, 0.1) is 15.9 Å². The molecule has 0 bridgehead atoms. The summed E-state index contributed by atoms with van der Waals surface area (Å²) in [6.45, 7) is 8.22. The van der Waals surface area contributed by atoms with Crippen molar-refractivity contribution in [2.45, 2.75) is 70.2 Å². The van der Waals surface area contributed by atoms with E-state index in [4.69, 9.17) is 4.98 Å². The molecule has 2 aromatic carbocycles. The van der Waals surface area contributed by atoms with Crippen molar-refractivity contribution in [2.24, 2.45) is 0 Å². The number of hydrogen-bond acceptors (Lipinski definition) is 4. The minimum Gasteiger partial charge on any atom is -0.328 e. The fraction of sp³-hybridized carbons (Fsp3) is 0.462. The molecule has 7 nitrogen and oxygen atoms in total. The van der Waals surface area contributed by atoms with Gasteiger partial charge in [0.15, 0.2) is 0 Å². The molecular formula is C26H34N4O3S. The SMILES string of the molecule is CCCn1c(CCC(=O)Nc2ccccc2C(C)C)nc2cc(S(=O)(=O)N3CCCC3)ccc21. The lowest BCUT2D eigenvalue weighted by Crippen LogP contribution is -2.27. The number of carbonyl (C=O) groups is 1. The zero-order chi connectivity index (χ0) is 24.3. The quantitative estimate of drug-likeness (QED) is 0.469. The van der Waals surface area contributed by atoms with Crippen LogP contribution < -0.4 is 5.32 Å². The Morgan fingerprint density at radius 3 is 2.56 bits per heavy atom. The highest BCUT2D eigenvalue weighted by molar-refractivity contribution is 7.89. The van der Waals surface area contributed by atoms with Crippen LogP contribution in [0.1, 0.15) is 63.8 Å². The molecule has 1 aliphatic heterocycles. The van der Waals surface area contributed by atoms with Crippen molar-refractivity contribution in [3.63, 3.8) is 0 Å². The average Bonchev–Trinajstić information content (AvgIpc) is 3.47. The molecule has 8 heteroatoms. The number of amides is 1. The van der Waals surface area contributed by atoms with E-state index in [1.165, 1.54) is 0 Å². The molecule has 3 aromatic rings. The summed E-state index contributed by atoms with van der Waals surface area (Å²) in [5.74, 6) is 1.07. The smallest absolute Gasteiger partial charge is 0.243 e. The Balaban J connectivity index is 1.55. The molecule has 4 rings (SSSR count). The molecule has 0 aliphatic carbocycles. The summed E-state index contributed by atoms with van der Waals surface area (Å²) in [6, 6.07) is 13.1. The second-order valence-electron chi connectivity index (χ2n) is 9.23. The van der Waals surface area contributed by atoms with Gasteiger partial charge in [0, 0.05) is 38.2 Å². The van der Waals surface area contributed by atoms with Crippen LogP contribution in [0.5, 0.6) is 0 Å². The molecule has 1 saturated heterocycles. The van der Waals surface area contributed by atoms with Gasteiger partial charge >= 0.3 is 0 Å². The first kappa shape index (κ1) is 24.4. The molecule has 2 heterocycles. The standard InChI is InChI=1S/C26H34N4O3S/c1-4-15-30-24-12-11-20(34(32,33)29-16-7-8-17-29)18-23(24)27-25(30)13-14-26(31)28-22-10-6-5-9-21(22)19(2)3/h5-6,9-12,18-19H,4,7-8,13-17H2,1-3H3,(H,28,31). The normalized spacial score (nSPS) is 14.8. The van der Waals surface area contributed by atoms with Crippen LogP contribution in [0.3, 0.4) is 0 Å². The van der Waals surface area contributed by atoms with Crippen LogP contribution in [0.4, 0.5) is 5.69 Å². The van der Waals surface area contributed by atoms with E-state index in [0.29, 0.717) is 37.4 Å². The number of aryl methyl sites for hydroxylation is 2. The van der Waals surface area contributed by atoms with Crippen LogP contribution in [0.25, 0.3) is 11.0 Å². The van der Waals surface area contributed by atoms with E-state index in [1.54, 1.807) is 16.4 Å². The molecule has 1 aliphatic rings. The molecular weight excluding hydrogens is 448 g/mol. The van der Waals surface area contributed by atoms with Crippen molar-refractivity contribution in [3.8, 4) is 0 Å². The van der Waals surface area contributed by atoms with E-state index < -0.39 is 10.0 Å². The third-order valence-electron chi connectivity index (χ3n) is 6.38. The first-order chi connectivity index (χ1) is 16.3. The van der Waals surface area contributed by atoms with Crippen molar-refractivity contribution in [2.75, 3.05) is 18.4 Å². The Morgan fingerprint density at radius 1 is 1.12 bits per heavy atom. The molecule has 1 N–H and O–H groups in total. The van der Waals surface area contributed by atoms with Gasteiger partial charge in [0.25, 0.3) is 0 Å². The van der Waals surface area contributed by atoms with E-state index in [0.717, 1.165) is 48.4 Å². The van der Waals surface area contributed by atoms with Gasteiger partial charge in [-0.1, -0.05) is 39.0 Å². The maximum Gasteiger partial charge on any atom is 0.243 e. The maximum absolute atomic E-state index is 13.0. The van der Waals surface area contributed by atoms with Crippen molar-refractivity contribution < 1.29 is 13.2 Å². The third kappa shape index (κ3) is 5.03. The molecule has 0 atom stereocenters. The molecule has 34 heavy (non-hydrogen) atoms. The molecule has 182 valence electrons. The highest BCUT2D eigenvalue weighted by Gasteiger charge is 2.28. The Hall–Kier alpha value is -2.71. The monoisotopic (exact) mass is 482 g/mol. The number of nitrogens with one attached hydrogen (secondary N) is 1. The minimum absolute atomic E-state index is 0.0551. The first-order valence-corrected chi connectivity index (χ1v) is 13.6. The summed E-state index contributed by atoms with van der Waals surface area (Å²) in [4.78, 5) is 17.8. The van der Waals surface area contributed by atoms with Crippen LogP contribution in [0.15, 0.2) is 47.4 Å². The molecule has 0 spiro atoms. The van der Waals surface area contributed by atoms with Gasteiger partial charge in [-0.25, -0.2) is 13.4 Å². The number of carbonyl (C=O) groups excluding carboxylic acids is 1. The summed E-state index contributed by atoms with van der Waals surface area (Å²) in [6.07, 6.45) is 3.51. The summed E-state index contributed by atoms with van der Waals surface area (Å²) >= 11 is 0. The van der Waals surface area contributed by atoms with Gasteiger partial charge in [0.1, 0.15) is 5.82 Å². The Kier molecular flexibility index (Phi) is 7.38. The lowest BCUT2D eigenvalue weighted by molar-refractivity contribution is -0.116. The summed E-state index contributed by atoms with van der Waals surface area (Å²) < 4.78 is 29.7. The van der Waals surface area contributed by atoms with Crippen LogP contribution in [0, 0.1) is 0 Å². The predicted octanol–water partition coefficient (Wildman–Crippen LogP) is 4.93. The minimum atomic E-state index is -3.50. The molecule has 1 aromatic heterocycles. The first-order valence-electron chi connectivity index (χ1n) is 12.2. The van der Waals surface area contributed by atoms with Crippen molar-refractivity contribution in [1.29, 1.82) is 0 Å². The number of fused-ring (bicyclic) bond motifs is 1. The van der Waals surface area contributed by atoms with E-state index in [1.807, 2.05) is 30.3 Å². The van der Waals surface area contributed by atoms with E-state index in [-0.39, 0.29) is 10.8 Å². The number of aromatic nitrogens is 2. The number of hydrogen-bond donors (Lipinski definition) is 1. The fourth-order valence-corrected chi connectivity index (χ4v) is 6.15. The van der Waals surface area contributed by atoms with Gasteiger partial charge in [0.2, 0.25) is 15.9 Å². The predicted molar refractivity (Wildman–Crippen MR) is 135 cm³/mol. The van der Waals surface area contributed by atoms with Crippen LogP contribution >= 0.6 is 0 Å². The largest absolute Gasteiger partial charge is 0.328 e. The van der Waals surface area contributed by atoms with Crippen molar-refractivity contribution >= 4 is 32.7 Å². The summed E-state index contributed by atoms with van der Waals surface area (Å²) in [7, 11) is -3.50. The van der Waals surface area contributed by atoms with Crippen molar-refractivity contribution in [1.82, 2.24) is 13.9 Å². The van der Waals surface area contributed by atoms with Gasteiger partial charge in [-0.3, -0.25) is 4.79 Å². The highest BCUT2D eigenvalue weighted by atomic mass is 32.2. The van der Waals surface area contributed by atoms with E-state index in [2.05, 4.69) is 30.7 Å². The molecule has 0 saturated carbocycles. The number of nitrogens with zero attached hydrogens (tertiary/aromatic N) is 3. The Labute approximate surface area is 202 Å². The average molecular weight is 483 g/mol. The van der Waals surface area contributed by atoms with Crippen LogP contribution in [-0.2, 0) is 27.8 Å². The zero-order valence-electron chi connectivity index (χ0n) is 20.3. The number of rotatable bonds is 9. The number of para-hydroxylation sites is 1. The van der Waals surface area contributed by atoms with Gasteiger partial charge in [-0.05, 0) is 55.0 Å². The zero-order valence-corrected chi connectivity index (χ0v) is 21.1. The van der Waals surface area contributed by atoms with E-state index >= 15 is 0 Å². The Bertz CT molecular complexity index is 1270. The van der Waals surface area contributed by atoms with Gasteiger partial charge in [-0.15, -0.1) is 0 Å². The third-order valence-corrected chi connectivity index (χ3v) is 8.28. The summed E-state index contributed by atoms with van der Waals surface area (Å²) in [5.41, 5.74) is 3.53. The number of anilines is 1. The summed E-state index contributed by atoms with van der Waals surface area (Å²) in [5, 5.41) is 3.05. The van der Waals surface area contributed by atoms with E-state index in [9.17, 15) is 13.2 Å². The lowest BCUT2D eigenvalue weighted by atomic mass is 10.0. The number of imidazole rings is 1. The van der Waals surface area contributed by atoms with Crippen LogP contribution in [-0.4, -0.2) is 41.3 Å². The number of benzene rings is 2. The number of sulfonamides is 1. The Morgan fingerprint density at radius 2 is 1.85 bits per heavy atom. The lowest BCUT2D eigenvalue weighted by Gasteiger charge is -2.15. The van der Waals surface area contributed by atoms with Gasteiger partial charge in [-0.2, -0.15) is 4.31 Å². The maximum atomic E-state index is 13.0. The second kappa shape index (κ2) is 10.3.